The van der Waals surface area contributed by atoms with Crippen LogP contribution < -0.4 is 5.73 Å². The maximum absolute atomic E-state index is 12.3. The van der Waals surface area contributed by atoms with Gasteiger partial charge in [-0.1, -0.05) is 0 Å². The molecular weight excluding hydrogens is 237 g/mol. The van der Waals surface area contributed by atoms with E-state index in [4.69, 9.17) is 10.2 Å². The van der Waals surface area contributed by atoms with Crippen molar-refractivity contribution >= 4 is 6.01 Å². The average Bonchev–Trinajstić information content (AvgIpc) is 2.63. The molecule has 0 spiro atoms. The lowest BCUT2D eigenvalue weighted by atomic mass is 10.1. The van der Waals surface area contributed by atoms with Crippen LogP contribution in [0, 0.1) is 0 Å². The van der Waals surface area contributed by atoms with E-state index in [1.165, 1.54) is 0 Å². The molecule has 0 fully saturated rings. The highest BCUT2D eigenvalue weighted by molar-refractivity contribution is 5.67. The molecule has 2 aromatic rings. The first-order valence-electron chi connectivity index (χ1n) is 4.49. The molecule has 0 atom stereocenters. The topological polar surface area (TPSA) is 72.3 Å². The second-order valence-corrected chi connectivity index (χ2v) is 3.30. The summed E-state index contributed by atoms with van der Waals surface area (Å²) in [7, 11) is 0. The van der Waals surface area contributed by atoms with Crippen molar-refractivity contribution < 1.29 is 22.7 Å². The molecule has 3 N–H and O–H groups in total. The van der Waals surface area contributed by atoms with Crippen molar-refractivity contribution in [2.24, 2.45) is 0 Å². The molecule has 1 aromatic heterocycles. The van der Waals surface area contributed by atoms with Crippen molar-refractivity contribution in [3.63, 3.8) is 0 Å². The molecule has 1 heterocycles. The van der Waals surface area contributed by atoms with Gasteiger partial charge in [-0.25, -0.2) is 0 Å². The van der Waals surface area contributed by atoms with E-state index in [-0.39, 0.29) is 17.3 Å². The quantitative estimate of drug-likeness (QED) is 0.808. The minimum atomic E-state index is -4.50. The number of nitrogens with zero attached hydrogens (tertiary/aromatic N) is 1. The van der Waals surface area contributed by atoms with E-state index in [0.717, 1.165) is 18.4 Å². The van der Waals surface area contributed by atoms with E-state index in [1.807, 2.05) is 0 Å². The standard InChI is InChI=1S/C10H7F3N2O2/c11-10(12,13)5-1-2-6(8(16)3-5)7-4-17-9(14)15-7/h1-4,16H,(H2,14,15). The summed E-state index contributed by atoms with van der Waals surface area (Å²) in [5.74, 6) is -0.534. The highest BCUT2D eigenvalue weighted by Gasteiger charge is 2.31. The number of nitrogen functional groups attached to an aromatic ring is 1. The Bertz CT molecular complexity index is 549. The van der Waals surface area contributed by atoms with Crippen LogP contribution in [0.25, 0.3) is 11.3 Å². The third-order valence-corrected chi connectivity index (χ3v) is 2.12. The van der Waals surface area contributed by atoms with Crippen LogP contribution in [-0.2, 0) is 6.18 Å². The summed E-state index contributed by atoms with van der Waals surface area (Å²) in [5, 5.41) is 9.49. The number of phenolic OH excluding ortho intramolecular Hbond substituents is 1. The van der Waals surface area contributed by atoms with E-state index >= 15 is 0 Å². The van der Waals surface area contributed by atoms with E-state index in [1.54, 1.807) is 0 Å². The summed E-state index contributed by atoms with van der Waals surface area (Å²) >= 11 is 0. The van der Waals surface area contributed by atoms with Crippen molar-refractivity contribution in [1.29, 1.82) is 0 Å². The van der Waals surface area contributed by atoms with Gasteiger partial charge < -0.3 is 15.3 Å². The highest BCUT2D eigenvalue weighted by Crippen LogP contribution is 2.36. The number of aromatic hydroxyl groups is 1. The Hall–Kier alpha value is -2.18. The molecule has 0 aliphatic heterocycles. The van der Waals surface area contributed by atoms with Crippen LogP contribution in [0.15, 0.2) is 28.9 Å². The number of rotatable bonds is 1. The molecule has 0 aliphatic carbocycles. The monoisotopic (exact) mass is 244 g/mol. The van der Waals surface area contributed by atoms with Crippen molar-refractivity contribution in [2.75, 3.05) is 5.73 Å². The van der Waals surface area contributed by atoms with Gasteiger partial charge in [-0.05, 0) is 18.2 Å². The normalized spacial score (nSPS) is 11.7. The Labute approximate surface area is 93.5 Å². The Morgan fingerprint density at radius 2 is 2.00 bits per heavy atom. The third kappa shape index (κ3) is 2.17. The van der Waals surface area contributed by atoms with Gasteiger partial charge in [0.15, 0.2) is 0 Å². The summed E-state index contributed by atoms with van der Waals surface area (Å²) < 4.78 is 41.7. The number of oxazole rings is 1. The molecule has 0 amide bonds. The fourth-order valence-corrected chi connectivity index (χ4v) is 1.34. The van der Waals surface area contributed by atoms with Gasteiger partial charge in [0, 0.05) is 5.56 Å². The van der Waals surface area contributed by atoms with Crippen molar-refractivity contribution in [3.05, 3.63) is 30.0 Å². The van der Waals surface area contributed by atoms with E-state index in [2.05, 4.69) is 4.98 Å². The fraction of sp³-hybridized carbons (Fsp3) is 0.100. The van der Waals surface area contributed by atoms with Crippen LogP contribution in [0.5, 0.6) is 5.75 Å². The van der Waals surface area contributed by atoms with Gasteiger partial charge in [0.05, 0.1) is 5.56 Å². The predicted octanol–water partition coefficient (Wildman–Crippen LogP) is 2.65. The van der Waals surface area contributed by atoms with Crippen molar-refractivity contribution in [3.8, 4) is 17.0 Å². The zero-order valence-corrected chi connectivity index (χ0v) is 8.32. The van der Waals surface area contributed by atoms with Crippen LogP contribution >= 0.6 is 0 Å². The summed E-state index contributed by atoms with van der Waals surface area (Å²) in [6, 6.07) is 2.45. The fourth-order valence-electron chi connectivity index (χ4n) is 1.34. The number of halogens is 3. The zero-order chi connectivity index (χ0) is 12.6. The largest absolute Gasteiger partial charge is 0.507 e. The second kappa shape index (κ2) is 3.69. The number of benzene rings is 1. The highest BCUT2D eigenvalue weighted by atomic mass is 19.4. The lowest BCUT2D eigenvalue weighted by molar-refractivity contribution is -0.137. The van der Waals surface area contributed by atoms with E-state index in [0.29, 0.717) is 6.07 Å². The minimum Gasteiger partial charge on any atom is -0.507 e. The van der Waals surface area contributed by atoms with Crippen LogP contribution in [0.3, 0.4) is 0 Å². The van der Waals surface area contributed by atoms with Gasteiger partial charge in [0.1, 0.15) is 17.7 Å². The summed E-state index contributed by atoms with van der Waals surface area (Å²) in [5.41, 5.74) is 4.59. The molecule has 1 aromatic carbocycles. The van der Waals surface area contributed by atoms with Gasteiger partial charge in [0.2, 0.25) is 0 Å². The van der Waals surface area contributed by atoms with Crippen molar-refractivity contribution in [1.82, 2.24) is 4.98 Å². The zero-order valence-electron chi connectivity index (χ0n) is 8.32. The number of phenols is 1. The average molecular weight is 244 g/mol. The Balaban J connectivity index is 2.45. The molecule has 17 heavy (non-hydrogen) atoms. The molecule has 0 aliphatic rings. The summed E-state index contributed by atoms with van der Waals surface area (Å²) in [6.07, 6.45) is -3.35. The van der Waals surface area contributed by atoms with E-state index < -0.39 is 17.5 Å². The third-order valence-electron chi connectivity index (χ3n) is 2.12. The number of aromatic nitrogens is 1. The first kappa shape index (κ1) is 11.3. The molecular formula is C10H7F3N2O2. The molecule has 0 saturated heterocycles. The minimum absolute atomic E-state index is 0.124. The number of hydrogen-bond acceptors (Lipinski definition) is 4. The summed E-state index contributed by atoms with van der Waals surface area (Å²) in [4.78, 5) is 3.70. The maximum Gasteiger partial charge on any atom is 0.416 e. The number of nitrogens with two attached hydrogens (primary N) is 1. The van der Waals surface area contributed by atoms with Gasteiger partial charge in [-0.2, -0.15) is 18.2 Å². The smallest absolute Gasteiger partial charge is 0.416 e. The Morgan fingerprint density at radius 3 is 2.47 bits per heavy atom. The maximum atomic E-state index is 12.3. The molecule has 7 heteroatoms. The molecule has 0 saturated carbocycles. The number of hydrogen-bond donors (Lipinski definition) is 2. The molecule has 0 unspecified atom stereocenters. The predicted molar refractivity (Wildman–Crippen MR) is 53.0 cm³/mol. The van der Waals surface area contributed by atoms with Crippen molar-refractivity contribution in [2.45, 2.75) is 6.18 Å². The van der Waals surface area contributed by atoms with Crippen LogP contribution in [0.2, 0.25) is 0 Å². The van der Waals surface area contributed by atoms with Crippen LogP contribution in [-0.4, -0.2) is 10.1 Å². The second-order valence-electron chi connectivity index (χ2n) is 3.30. The SMILES string of the molecule is Nc1nc(-c2ccc(C(F)(F)F)cc2O)co1. The lowest BCUT2D eigenvalue weighted by Crippen LogP contribution is -2.04. The first-order chi connectivity index (χ1) is 7.88. The number of alkyl halides is 3. The Kier molecular flexibility index (Phi) is 2.45. The van der Waals surface area contributed by atoms with Crippen LogP contribution in [0.4, 0.5) is 19.2 Å². The molecule has 90 valence electrons. The Morgan fingerprint density at radius 1 is 1.29 bits per heavy atom. The number of anilines is 1. The van der Waals surface area contributed by atoms with Crippen LogP contribution in [0.1, 0.15) is 5.56 Å². The molecule has 0 bridgehead atoms. The molecule has 2 rings (SSSR count). The summed E-state index contributed by atoms with van der Waals surface area (Å²) in [6.45, 7) is 0. The molecule has 4 nitrogen and oxygen atoms in total. The van der Waals surface area contributed by atoms with Gasteiger partial charge in [-0.15, -0.1) is 0 Å². The van der Waals surface area contributed by atoms with E-state index in [9.17, 15) is 18.3 Å². The van der Waals surface area contributed by atoms with Gasteiger partial charge in [-0.3, -0.25) is 0 Å². The lowest BCUT2D eigenvalue weighted by Gasteiger charge is -2.08. The first-order valence-corrected chi connectivity index (χ1v) is 4.49. The van der Waals surface area contributed by atoms with Gasteiger partial charge in [0.25, 0.3) is 6.01 Å². The van der Waals surface area contributed by atoms with Gasteiger partial charge >= 0.3 is 6.18 Å². The molecule has 0 radical (unpaired) electrons.